The van der Waals surface area contributed by atoms with Gasteiger partial charge in [-0.05, 0) is 49.5 Å². The lowest BCUT2D eigenvalue weighted by atomic mass is 10.2. The lowest BCUT2D eigenvalue weighted by molar-refractivity contribution is 0.313. The van der Waals surface area contributed by atoms with E-state index in [4.69, 9.17) is 20.4 Å². The van der Waals surface area contributed by atoms with Gasteiger partial charge in [-0.1, -0.05) is 28.7 Å². The molecule has 2 aromatic carbocycles. The number of hydrogen-bond acceptors (Lipinski definition) is 7. The molecule has 9 heteroatoms. The maximum absolute atomic E-state index is 6.15. The monoisotopic (exact) mass is 569 g/mol. The second-order valence-corrected chi connectivity index (χ2v) is 9.50. The molecule has 0 saturated carbocycles. The quantitative estimate of drug-likeness (QED) is 0.189. The molecule has 0 amide bonds. The predicted octanol–water partition coefficient (Wildman–Crippen LogP) is 4.74. The van der Waals surface area contributed by atoms with Crippen LogP contribution in [0.4, 0.5) is 23.0 Å². The number of rotatable bonds is 7. The fourth-order valence-corrected chi connectivity index (χ4v) is 4.60. The third-order valence-electron chi connectivity index (χ3n) is 5.97. The van der Waals surface area contributed by atoms with Gasteiger partial charge < -0.3 is 30.2 Å². The van der Waals surface area contributed by atoms with Gasteiger partial charge in [0.15, 0.2) is 0 Å². The Kier molecular flexibility index (Phi) is 6.73. The average Bonchev–Trinajstić information content (AvgIpc) is 3.23. The molecule has 1 aliphatic rings. The molecule has 34 heavy (non-hydrogen) atoms. The van der Waals surface area contributed by atoms with E-state index < -0.39 is 0 Å². The number of fused-ring (bicyclic) bond motifs is 1. The number of nitrogens with two attached hydrogens (primary N) is 1. The van der Waals surface area contributed by atoms with Crippen molar-refractivity contribution in [3.8, 4) is 11.6 Å². The number of nitrogens with one attached hydrogen (secondary N) is 1. The summed E-state index contributed by atoms with van der Waals surface area (Å²) in [5.74, 6) is 1.63. The summed E-state index contributed by atoms with van der Waals surface area (Å²) in [7, 11) is 2.17. The Morgan fingerprint density at radius 1 is 1.03 bits per heavy atom. The van der Waals surface area contributed by atoms with Gasteiger partial charge in [0, 0.05) is 66.5 Å². The van der Waals surface area contributed by atoms with Crippen molar-refractivity contribution in [2.24, 2.45) is 0 Å². The Morgan fingerprint density at radius 2 is 1.82 bits per heavy atom. The van der Waals surface area contributed by atoms with Gasteiger partial charge in [0.2, 0.25) is 11.8 Å². The number of ether oxygens (including phenoxy) is 1. The lowest BCUT2D eigenvalue weighted by Crippen LogP contribution is -2.44. The predicted molar refractivity (Wildman–Crippen MR) is 147 cm³/mol. The van der Waals surface area contributed by atoms with Gasteiger partial charge in [-0.25, -0.2) is 0 Å². The van der Waals surface area contributed by atoms with Crippen LogP contribution in [0, 0.1) is 0 Å². The number of aryl methyl sites for hydroxylation is 1. The van der Waals surface area contributed by atoms with Crippen LogP contribution in [0.15, 0.2) is 60.8 Å². The van der Waals surface area contributed by atoms with Crippen molar-refractivity contribution >= 4 is 56.6 Å². The number of anilines is 4. The van der Waals surface area contributed by atoms with Crippen LogP contribution in [0.1, 0.15) is 0 Å². The maximum Gasteiger partial charge on any atom is 0.233 e. The first-order valence-electron chi connectivity index (χ1n) is 11.4. The summed E-state index contributed by atoms with van der Waals surface area (Å²) in [5.41, 5.74) is 9.58. The number of hydrogen-bond donors (Lipinski definition) is 2. The molecule has 0 bridgehead atoms. The molecule has 5 rings (SSSR count). The largest absolute Gasteiger partial charge is 0.438 e. The highest BCUT2D eigenvalue weighted by Gasteiger charge is 2.16. The first-order chi connectivity index (χ1) is 16.6. The molecule has 4 aromatic rings. The zero-order valence-corrected chi connectivity index (χ0v) is 21.3. The molecule has 1 saturated heterocycles. The Morgan fingerprint density at radius 3 is 2.56 bits per heavy atom. The van der Waals surface area contributed by atoms with Crippen molar-refractivity contribution in [1.29, 1.82) is 0 Å². The molecular weight excluding hydrogens is 541 g/mol. The first kappa shape index (κ1) is 22.7. The highest BCUT2D eigenvalue weighted by Crippen LogP contribution is 2.31. The fraction of sp³-hybridized carbons (Fsp3) is 0.280. The summed E-state index contributed by atoms with van der Waals surface area (Å²) in [4.78, 5) is 14.3. The van der Waals surface area contributed by atoms with E-state index >= 15 is 0 Å². The van der Waals surface area contributed by atoms with Crippen molar-refractivity contribution in [1.82, 2.24) is 19.4 Å². The van der Waals surface area contributed by atoms with Gasteiger partial charge in [0.1, 0.15) is 11.4 Å². The van der Waals surface area contributed by atoms with Crippen LogP contribution in [0.3, 0.4) is 0 Å². The van der Waals surface area contributed by atoms with E-state index in [0.29, 0.717) is 23.3 Å². The van der Waals surface area contributed by atoms with Crippen LogP contribution in [-0.4, -0.2) is 57.1 Å². The number of aromatic nitrogens is 3. The zero-order chi connectivity index (χ0) is 23.5. The second kappa shape index (κ2) is 10.1. The minimum atomic E-state index is 0.493. The van der Waals surface area contributed by atoms with Crippen molar-refractivity contribution < 1.29 is 4.74 Å². The third-order valence-corrected chi connectivity index (χ3v) is 6.46. The van der Waals surface area contributed by atoms with E-state index in [-0.39, 0.29) is 0 Å². The standard InChI is InChI=1S/C25H28IN7O/c1-31-13-15-32(16-14-31)20-7-5-19(6-8-20)28-25-29-23-22(9-11-33(23)12-10-26)24(30-25)34-21-4-2-3-18(27)17-21/h2-9,11,17H,10,12-16,27H2,1H3,(H,28,29,30). The molecule has 8 nitrogen and oxygen atoms in total. The van der Waals surface area contributed by atoms with E-state index in [1.807, 2.05) is 30.5 Å². The van der Waals surface area contributed by atoms with Gasteiger partial charge in [-0.3, -0.25) is 0 Å². The highest BCUT2D eigenvalue weighted by molar-refractivity contribution is 14.1. The smallest absolute Gasteiger partial charge is 0.233 e. The minimum Gasteiger partial charge on any atom is -0.438 e. The number of likely N-dealkylation sites (N-methyl/N-ethyl adjacent to an activating group) is 1. The van der Waals surface area contributed by atoms with Crippen LogP contribution in [0.5, 0.6) is 11.6 Å². The SMILES string of the molecule is CN1CCN(c2ccc(Nc3nc(Oc4cccc(N)c4)c4ccn(CCI)c4n3)cc2)CC1. The summed E-state index contributed by atoms with van der Waals surface area (Å²) >= 11 is 2.37. The molecule has 0 radical (unpaired) electrons. The molecule has 2 aromatic heterocycles. The van der Waals surface area contributed by atoms with Crippen molar-refractivity contribution in [2.75, 3.05) is 53.6 Å². The third kappa shape index (κ3) is 5.05. The summed E-state index contributed by atoms with van der Waals surface area (Å²) in [6, 6.07) is 17.8. The van der Waals surface area contributed by atoms with Gasteiger partial charge in [-0.15, -0.1) is 0 Å². The highest BCUT2D eigenvalue weighted by atomic mass is 127. The Labute approximate surface area is 212 Å². The summed E-state index contributed by atoms with van der Waals surface area (Å²) in [6.45, 7) is 5.11. The minimum absolute atomic E-state index is 0.493. The average molecular weight is 569 g/mol. The van der Waals surface area contributed by atoms with E-state index in [9.17, 15) is 0 Å². The second-order valence-electron chi connectivity index (χ2n) is 8.42. The molecule has 0 atom stereocenters. The fourth-order valence-electron chi connectivity index (χ4n) is 4.08. The van der Waals surface area contributed by atoms with Crippen LogP contribution in [0.2, 0.25) is 0 Å². The summed E-state index contributed by atoms with van der Waals surface area (Å²) < 4.78 is 9.25. The number of nitrogen functional groups attached to an aromatic ring is 1. The van der Waals surface area contributed by atoms with Crippen molar-refractivity contribution in [2.45, 2.75) is 6.54 Å². The molecule has 176 valence electrons. The Bertz CT molecular complexity index is 1270. The molecule has 1 aliphatic heterocycles. The van der Waals surface area contributed by atoms with Crippen LogP contribution in [-0.2, 0) is 6.54 Å². The van der Waals surface area contributed by atoms with Crippen LogP contribution in [0.25, 0.3) is 11.0 Å². The molecule has 1 fully saturated rings. The zero-order valence-electron chi connectivity index (χ0n) is 19.1. The van der Waals surface area contributed by atoms with E-state index in [1.165, 1.54) is 5.69 Å². The first-order valence-corrected chi connectivity index (χ1v) is 12.9. The molecule has 0 aliphatic carbocycles. The summed E-state index contributed by atoms with van der Waals surface area (Å²) in [5, 5.41) is 4.23. The number of nitrogens with zero attached hydrogens (tertiary/aromatic N) is 5. The number of piperazine rings is 1. The number of benzene rings is 2. The molecule has 3 heterocycles. The van der Waals surface area contributed by atoms with Crippen molar-refractivity contribution in [3.05, 3.63) is 60.8 Å². The van der Waals surface area contributed by atoms with Crippen LogP contribution >= 0.6 is 22.6 Å². The number of alkyl halides is 1. The van der Waals surface area contributed by atoms with Crippen LogP contribution < -0.4 is 20.7 Å². The van der Waals surface area contributed by atoms with Gasteiger partial charge >= 0.3 is 0 Å². The van der Waals surface area contributed by atoms with Gasteiger partial charge in [0.05, 0.1) is 5.39 Å². The van der Waals surface area contributed by atoms with Gasteiger partial charge in [-0.2, -0.15) is 9.97 Å². The Hall–Kier alpha value is -3.05. The lowest BCUT2D eigenvalue weighted by Gasteiger charge is -2.34. The normalized spacial score (nSPS) is 14.5. The molecule has 3 N–H and O–H groups in total. The number of halogens is 1. The topological polar surface area (TPSA) is 84.5 Å². The Balaban J connectivity index is 1.42. The maximum atomic E-state index is 6.15. The van der Waals surface area contributed by atoms with Gasteiger partial charge in [0.25, 0.3) is 0 Å². The van der Waals surface area contributed by atoms with Crippen molar-refractivity contribution in [3.63, 3.8) is 0 Å². The summed E-state index contributed by atoms with van der Waals surface area (Å²) in [6.07, 6.45) is 2.03. The molecule has 0 spiro atoms. The molecular formula is C25H28IN7O. The van der Waals surface area contributed by atoms with E-state index in [2.05, 4.69) is 73.6 Å². The van der Waals surface area contributed by atoms with E-state index in [0.717, 1.165) is 53.9 Å². The van der Waals surface area contributed by atoms with E-state index in [1.54, 1.807) is 6.07 Å². The molecule has 0 unspecified atom stereocenters.